The predicted molar refractivity (Wildman–Crippen MR) is 126 cm³/mol. The third-order valence-corrected chi connectivity index (χ3v) is 6.04. The van der Waals surface area contributed by atoms with Gasteiger partial charge in [0.1, 0.15) is 12.1 Å². The number of aromatic carboxylic acids is 1. The lowest BCUT2D eigenvalue weighted by Crippen LogP contribution is -2.34. The van der Waals surface area contributed by atoms with Gasteiger partial charge in [0.25, 0.3) is 0 Å². The Morgan fingerprint density at radius 2 is 1.82 bits per heavy atom. The maximum Gasteiger partial charge on any atom is 0.358 e. The standard InChI is InChI=1S/C23H22O2.C4H3N3O2/c1-13(2)10-19-21-16(11-14(3)23(19)25)8-9-18-17-7-5-4-6-15(17)12-20(24)22(18)21;8-4(9)3-1-5-2-6-7-3/h4-9,11-14,19H,10H2,1-3H3;1-2H,(H,8,9). The van der Waals surface area contributed by atoms with Gasteiger partial charge in [-0.1, -0.05) is 63.2 Å². The summed E-state index contributed by atoms with van der Waals surface area (Å²) in [6.07, 6.45) is 6.83. The summed E-state index contributed by atoms with van der Waals surface area (Å²) in [6.45, 7) is 6.23. The Kier molecular flexibility index (Phi) is 6.45. The van der Waals surface area contributed by atoms with E-state index in [1.165, 1.54) is 6.33 Å². The first-order valence-corrected chi connectivity index (χ1v) is 11.2. The number of aromatic nitrogens is 3. The number of carbonyl (C=O) groups is 3. The normalized spacial score (nSPS) is 17.9. The molecule has 0 saturated heterocycles. The summed E-state index contributed by atoms with van der Waals surface area (Å²) in [5.74, 6) is -0.735. The van der Waals surface area contributed by atoms with Crippen molar-refractivity contribution in [3.63, 3.8) is 0 Å². The lowest BCUT2D eigenvalue weighted by Gasteiger charge is -2.27. The summed E-state index contributed by atoms with van der Waals surface area (Å²) in [4.78, 5) is 39.4. The molecule has 2 aliphatic carbocycles. The molecule has 0 spiro atoms. The molecule has 34 heavy (non-hydrogen) atoms. The van der Waals surface area contributed by atoms with Crippen LogP contribution in [0.25, 0.3) is 12.2 Å². The van der Waals surface area contributed by atoms with Crippen molar-refractivity contribution in [1.82, 2.24) is 15.2 Å². The Bertz CT molecular complexity index is 1500. The number of hydrogen-bond donors (Lipinski definition) is 1. The van der Waals surface area contributed by atoms with E-state index in [0.29, 0.717) is 5.92 Å². The topological polar surface area (TPSA) is 110 Å². The molecule has 3 aromatic rings. The third-order valence-electron chi connectivity index (χ3n) is 6.04. The summed E-state index contributed by atoms with van der Waals surface area (Å²) in [6, 6.07) is 12.1. The summed E-state index contributed by atoms with van der Waals surface area (Å²) in [5, 5.41) is 18.8. The molecule has 0 bridgehead atoms. The lowest BCUT2D eigenvalue weighted by atomic mass is 9.74. The number of benzene rings is 2. The first-order valence-electron chi connectivity index (χ1n) is 11.2. The minimum atomic E-state index is -1.12. The van der Waals surface area contributed by atoms with E-state index in [0.717, 1.165) is 44.6 Å². The molecule has 2 unspecified atom stereocenters. The number of carboxylic acid groups (broad SMARTS) is 1. The second kappa shape index (κ2) is 9.47. The van der Waals surface area contributed by atoms with Crippen LogP contribution < -0.4 is 10.4 Å². The largest absolute Gasteiger partial charge is 0.476 e. The number of carbonyl (C=O) groups excluding carboxylic acids is 2. The predicted octanol–water partition coefficient (Wildman–Crippen LogP) is 2.65. The molecule has 172 valence electrons. The van der Waals surface area contributed by atoms with Crippen molar-refractivity contribution in [3.05, 3.63) is 86.6 Å². The molecule has 5 rings (SSSR count). The molecule has 1 N–H and O–H groups in total. The molecule has 2 aromatic carbocycles. The summed E-state index contributed by atoms with van der Waals surface area (Å²) < 4.78 is 0. The van der Waals surface area contributed by atoms with Gasteiger partial charge in [0.15, 0.2) is 11.5 Å². The van der Waals surface area contributed by atoms with Gasteiger partial charge in [0.2, 0.25) is 0 Å². The molecular weight excluding hydrogens is 430 g/mol. The minimum absolute atomic E-state index is 0.0232. The molecule has 0 amide bonds. The van der Waals surface area contributed by atoms with Crippen LogP contribution in [0, 0.1) is 22.3 Å². The minimum Gasteiger partial charge on any atom is -0.476 e. The van der Waals surface area contributed by atoms with Crippen LogP contribution in [-0.4, -0.2) is 37.8 Å². The summed E-state index contributed by atoms with van der Waals surface area (Å²) in [7, 11) is 0. The maximum absolute atomic E-state index is 13.0. The molecular formula is C27H25N3O4. The Morgan fingerprint density at radius 3 is 2.47 bits per heavy atom. The summed E-state index contributed by atoms with van der Waals surface area (Å²) >= 11 is 0. The fourth-order valence-electron chi connectivity index (χ4n) is 4.59. The van der Waals surface area contributed by atoms with Gasteiger partial charge in [-0.2, -0.15) is 0 Å². The van der Waals surface area contributed by atoms with Gasteiger partial charge in [0.05, 0.1) is 6.20 Å². The zero-order chi connectivity index (χ0) is 24.4. The van der Waals surface area contributed by atoms with Crippen molar-refractivity contribution >= 4 is 29.7 Å². The lowest BCUT2D eigenvalue weighted by molar-refractivity contribution is -0.122. The zero-order valence-corrected chi connectivity index (χ0v) is 19.2. The highest BCUT2D eigenvalue weighted by Gasteiger charge is 2.33. The molecule has 0 aliphatic heterocycles. The first-order chi connectivity index (χ1) is 16.3. The number of hydrogen-bond acceptors (Lipinski definition) is 6. The molecule has 7 nitrogen and oxygen atoms in total. The van der Waals surface area contributed by atoms with Crippen molar-refractivity contribution in [1.29, 1.82) is 0 Å². The van der Waals surface area contributed by atoms with Gasteiger partial charge in [0, 0.05) is 17.4 Å². The number of ketones is 2. The average Bonchev–Trinajstić information content (AvgIpc) is 2.82. The van der Waals surface area contributed by atoms with Crippen LogP contribution >= 0.6 is 0 Å². The Morgan fingerprint density at radius 1 is 1.06 bits per heavy atom. The van der Waals surface area contributed by atoms with Crippen LogP contribution in [-0.2, 0) is 4.79 Å². The van der Waals surface area contributed by atoms with E-state index in [4.69, 9.17) is 5.11 Å². The second-order valence-electron chi connectivity index (χ2n) is 8.93. The number of fused-ring (bicyclic) bond motifs is 4. The monoisotopic (exact) mass is 455 g/mol. The van der Waals surface area contributed by atoms with Crippen molar-refractivity contribution in [2.75, 3.05) is 0 Å². The van der Waals surface area contributed by atoms with E-state index in [-0.39, 0.29) is 29.1 Å². The maximum atomic E-state index is 13.0. The van der Waals surface area contributed by atoms with Crippen molar-refractivity contribution in [2.45, 2.75) is 33.1 Å². The van der Waals surface area contributed by atoms with Gasteiger partial charge in [-0.25, -0.2) is 9.78 Å². The molecule has 2 atom stereocenters. The van der Waals surface area contributed by atoms with Crippen LogP contribution in [0.5, 0.6) is 0 Å². The Balaban J connectivity index is 0.000000257. The van der Waals surface area contributed by atoms with Crippen LogP contribution in [0.2, 0.25) is 0 Å². The highest BCUT2D eigenvalue weighted by Crippen LogP contribution is 2.32. The van der Waals surface area contributed by atoms with E-state index in [1.54, 1.807) is 6.08 Å². The number of nitrogens with zero attached hydrogens (tertiary/aromatic N) is 3. The number of Topliss-reactive ketones (excluding diaryl/α,β-unsaturated/α-hetero) is 2. The number of rotatable bonds is 3. The molecule has 1 heterocycles. The third kappa shape index (κ3) is 4.41. The fraction of sp³-hybridized carbons (Fsp3) is 0.259. The molecule has 1 aromatic heterocycles. The van der Waals surface area contributed by atoms with E-state index in [9.17, 15) is 14.4 Å². The van der Waals surface area contributed by atoms with Crippen molar-refractivity contribution < 1.29 is 19.5 Å². The van der Waals surface area contributed by atoms with Crippen LogP contribution in [0.15, 0.2) is 48.9 Å². The molecule has 0 saturated carbocycles. The van der Waals surface area contributed by atoms with E-state index in [2.05, 4.69) is 41.2 Å². The van der Waals surface area contributed by atoms with Crippen LogP contribution in [0.4, 0.5) is 0 Å². The zero-order valence-electron chi connectivity index (χ0n) is 19.2. The molecule has 0 fully saturated rings. The van der Waals surface area contributed by atoms with Gasteiger partial charge in [-0.3, -0.25) is 9.59 Å². The molecule has 7 heteroatoms. The van der Waals surface area contributed by atoms with Gasteiger partial charge >= 0.3 is 5.97 Å². The van der Waals surface area contributed by atoms with Crippen LogP contribution in [0.3, 0.4) is 0 Å². The van der Waals surface area contributed by atoms with Gasteiger partial charge < -0.3 is 5.11 Å². The van der Waals surface area contributed by atoms with Gasteiger partial charge in [-0.05, 0) is 44.9 Å². The van der Waals surface area contributed by atoms with Crippen molar-refractivity contribution in [2.24, 2.45) is 11.8 Å². The second-order valence-corrected chi connectivity index (χ2v) is 8.93. The van der Waals surface area contributed by atoms with E-state index in [1.807, 2.05) is 37.3 Å². The molecule has 0 radical (unpaired) electrons. The van der Waals surface area contributed by atoms with E-state index < -0.39 is 5.97 Å². The molecule has 2 aliphatic rings. The van der Waals surface area contributed by atoms with Crippen LogP contribution in [0.1, 0.15) is 59.5 Å². The summed E-state index contributed by atoms with van der Waals surface area (Å²) in [5.41, 5.74) is 1.54. The quantitative estimate of drug-likeness (QED) is 0.646. The Labute approximate surface area is 196 Å². The Hall–Kier alpha value is -4.00. The highest BCUT2D eigenvalue weighted by atomic mass is 16.4. The first kappa shape index (κ1) is 23.2. The van der Waals surface area contributed by atoms with E-state index >= 15 is 0 Å². The van der Waals surface area contributed by atoms with Crippen molar-refractivity contribution in [3.8, 4) is 0 Å². The van der Waals surface area contributed by atoms with Gasteiger partial charge in [-0.15, -0.1) is 10.2 Å². The average molecular weight is 456 g/mol. The fourth-order valence-corrected chi connectivity index (χ4v) is 4.59. The number of carboxylic acids is 1. The SMILES string of the molecule is CC(C)CC1C(=O)C(C)C=c2ccc3c(c21)C(=O)C=c1ccccc1=3.O=C(O)c1cncnn1. The smallest absolute Gasteiger partial charge is 0.358 e. The highest BCUT2D eigenvalue weighted by molar-refractivity contribution is 6.19.